The van der Waals surface area contributed by atoms with Crippen molar-refractivity contribution in [2.45, 2.75) is 20.5 Å². The molecular formula is C15H15N3OS. The maximum Gasteiger partial charge on any atom is 0.146 e. The number of aromatic nitrogens is 2. The predicted molar refractivity (Wildman–Crippen MR) is 82.1 cm³/mol. The van der Waals surface area contributed by atoms with Crippen LogP contribution in [0.2, 0.25) is 0 Å². The van der Waals surface area contributed by atoms with Gasteiger partial charge in [0.1, 0.15) is 22.9 Å². The second-order valence-electron chi connectivity index (χ2n) is 4.59. The van der Waals surface area contributed by atoms with E-state index in [9.17, 15) is 0 Å². The Kier molecular flexibility index (Phi) is 3.28. The summed E-state index contributed by atoms with van der Waals surface area (Å²) in [5.41, 5.74) is 8.51. The number of rotatable bonds is 3. The highest BCUT2D eigenvalue weighted by Crippen LogP contribution is 2.29. The molecular weight excluding hydrogens is 270 g/mol. The Bertz CT molecular complexity index is 747. The molecule has 0 saturated heterocycles. The SMILES string of the molecule is Cc1nc(COc2ccc(N)c3cccnc23)sc1C. The first-order chi connectivity index (χ1) is 9.65. The smallest absolute Gasteiger partial charge is 0.146 e. The molecule has 0 fully saturated rings. The molecule has 2 heterocycles. The summed E-state index contributed by atoms with van der Waals surface area (Å²) in [5, 5.41) is 1.89. The number of hydrogen-bond acceptors (Lipinski definition) is 5. The largest absolute Gasteiger partial charge is 0.484 e. The summed E-state index contributed by atoms with van der Waals surface area (Å²) in [5.74, 6) is 0.736. The number of thiazole rings is 1. The van der Waals surface area contributed by atoms with E-state index in [0.717, 1.165) is 27.4 Å². The number of benzene rings is 1. The lowest BCUT2D eigenvalue weighted by Gasteiger charge is -2.08. The van der Waals surface area contributed by atoms with Gasteiger partial charge < -0.3 is 10.5 Å². The molecule has 0 unspecified atom stereocenters. The van der Waals surface area contributed by atoms with E-state index in [1.54, 1.807) is 17.5 Å². The molecule has 0 aliphatic rings. The molecule has 0 amide bonds. The van der Waals surface area contributed by atoms with Gasteiger partial charge in [-0.3, -0.25) is 4.98 Å². The number of anilines is 1. The van der Waals surface area contributed by atoms with E-state index in [1.807, 2.05) is 31.2 Å². The lowest BCUT2D eigenvalue weighted by Crippen LogP contribution is -1.97. The van der Waals surface area contributed by atoms with Crippen LogP contribution in [0.1, 0.15) is 15.6 Å². The van der Waals surface area contributed by atoms with Gasteiger partial charge in [-0.15, -0.1) is 11.3 Å². The van der Waals surface area contributed by atoms with Crippen molar-refractivity contribution in [1.29, 1.82) is 0 Å². The molecule has 3 aromatic rings. The second kappa shape index (κ2) is 5.09. The summed E-state index contributed by atoms with van der Waals surface area (Å²) < 4.78 is 5.86. The molecule has 0 bridgehead atoms. The van der Waals surface area contributed by atoms with E-state index in [0.29, 0.717) is 12.3 Å². The highest BCUT2D eigenvalue weighted by atomic mass is 32.1. The molecule has 0 aliphatic heterocycles. The zero-order valence-electron chi connectivity index (χ0n) is 11.4. The molecule has 0 spiro atoms. The fraction of sp³-hybridized carbons (Fsp3) is 0.200. The molecule has 3 rings (SSSR count). The molecule has 0 atom stereocenters. The average molecular weight is 285 g/mol. The van der Waals surface area contributed by atoms with Gasteiger partial charge in [0.2, 0.25) is 0 Å². The van der Waals surface area contributed by atoms with Crippen LogP contribution in [0.25, 0.3) is 10.9 Å². The zero-order chi connectivity index (χ0) is 14.1. The predicted octanol–water partition coefficient (Wildman–Crippen LogP) is 3.47. The number of fused-ring (bicyclic) bond motifs is 1. The van der Waals surface area contributed by atoms with Crippen LogP contribution >= 0.6 is 11.3 Å². The second-order valence-corrected chi connectivity index (χ2v) is 5.88. The molecule has 4 nitrogen and oxygen atoms in total. The third-order valence-corrected chi connectivity index (χ3v) is 4.24. The van der Waals surface area contributed by atoms with Crippen LogP contribution in [0.3, 0.4) is 0 Å². The molecule has 0 aliphatic carbocycles. The summed E-state index contributed by atoms with van der Waals surface area (Å²) in [4.78, 5) is 10.1. The molecule has 5 heteroatoms. The fourth-order valence-electron chi connectivity index (χ4n) is 2.03. The minimum atomic E-state index is 0.453. The summed E-state index contributed by atoms with van der Waals surface area (Å²) in [6.07, 6.45) is 1.74. The average Bonchev–Trinajstić information content (AvgIpc) is 2.77. The molecule has 0 saturated carbocycles. The minimum absolute atomic E-state index is 0.453. The van der Waals surface area contributed by atoms with Crippen molar-refractivity contribution in [2.24, 2.45) is 0 Å². The van der Waals surface area contributed by atoms with Gasteiger partial charge in [0.05, 0.1) is 5.69 Å². The highest BCUT2D eigenvalue weighted by molar-refractivity contribution is 7.11. The first kappa shape index (κ1) is 12.9. The standard InChI is InChI=1S/C15H15N3OS/c1-9-10(2)20-14(18-9)8-19-13-6-5-12(16)11-4-3-7-17-15(11)13/h3-7H,8,16H2,1-2H3. The van der Waals surface area contributed by atoms with Crippen molar-refractivity contribution in [2.75, 3.05) is 5.73 Å². The van der Waals surface area contributed by atoms with Crippen molar-refractivity contribution in [3.8, 4) is 5.75 Å². The van der Waals surface area contributed by atoms with Crippen LogP contribution in [-0.2, 0) is 6.61 Å². The number of pyridine rings is 1. The lowest BCUT2D eigenvalue weighted by molar-refractivity contribution is 0.308. The van der Waals surface area contributed by atoms with Gasteiger partial charge in [0.25, 0.3) is 0 Å². The highest BCUT2D eigenvalue weighted by Gasteiger charge is 2.08. The Morgan fingerprint density at radius 3 is 2.85 bits per heavy atom. The first-order valence-electron chi connectivity index (χ1n) is 6.34. The number of hydrogen-bond donors (Lipinski definition) is 1. The Morgan fingerprint density at radius 1 is 1.25 bits per heavy atom. The normalized spacial score (nSPS) is 10.9. The van der Waals surface area contributed by atoms with Gasteiger partial charge in [-0.1, -0.05) is 0 Å². The van der Waals surface area contributed by atoms with Crippen LogP contribution in [0, 0.1) is 13.8 Å². The first-order valence-corrected chi connectivity index (χ1v) is 7.15. The Morgan fingerprint density at radius 2 is 2.10 bits per heavy atom. The molecule has 2 N–H and O–H groups in total. The Labute approximate surface area is 121 Å². The molecule has 20 heavy (non-hydrogen) atoms. The number of nitrogens with zero attached hydrogens (tertiary/aromatic N) is 2. The maximum absolute atomic E-state index is 5.95. The van der Waals surface area contributed by atoms with Crippen LogP contribution in [0.4, 0.5) is 5.69 Å². The van der Waals surface area contributed by atoms with Gasteiger partial charge in [-0.25, -0.2) is 4.98 Å². The van der Waals surface area contributed by atoms with Gasteiger partial charge >= 0.3 is 0 Å². The Balaban J connectivity index is 1.89. The molecule has 1 aromatic carbocycles. The van der Waals surface area contributed by atoms with Crippen LogP contribution in [0.15, 0.2) is 30.5 Å². The van der Waals surface area contributed by atoms with Crippen LogP contribution in [-0.4, -0.2) is 9.97 Å². The van der Waals surface area contributed by atoms with E-state index in [-0.39, 0.29) is 0 Å². The maximum atomic E-state index is 5.95. The number of ether oxygens (including phenoxy) is 1. The van der Waals surface area contributed by atoms with E-state index in [4.69, 9.17) is 10.5 Å². The van der Waals surface area contributed by atoms with Crippen molar-refractivity contribution >= 4 is 27.9 Å². The molecule has 102 valence electrons. The number of nitrogens with two attached hydrogens (primary N) is 1. The van der Waals surface area contributed by atoms with Gasteiger partial charge in [0, 0.05) is 22.1 Å². The summed E-state index contributed by atoms with van der Waals surface area (Å²) in [6.45, 7) is 4.53. The quantitative estimate of drug-likeness (QED) is 0.748. The third kappa shape index (κ3) is 2.32. The van der Waals surface area contributed by atoms with Crippen molar-refractivity contribution in [3.05, 3.63) is 46.0 Å². The molecule has 0 radical (unpaired) electrons. The van der Waals surface area contributed by atoms with Gasteiger partial charge in [0.15, 0.2) is 0 Å². The van der Waals surface area contributed by atoms with Gasteiger partial charge in [-0.2, -0.15) is 0 Å². The van der Waals surface area contributed by atoms with Crippen molar-refractivity contribution in [3.63, 3.8) is 0 Å². The van der Waals surface area contributed by atoms with Crippen LogP contribution < -0.4 is 10.5 Å². The monoisotopic (exact) mass is 285 g/mol. The van der Waals surface area contributed by atoms with E-state index >= 15 is 0 Å². The van der Waals surface area contributed by atoms with E-state index in [1.165, 1.54) is 4.88 Å². The minimum Gasteiger partial charge on any atom is -0.484 e. The Hall–Kier alpha value is -2.14. The van der Waals surface area contributed by atoms with Crippen LogP contribution in [0.5, 0.6) is 5.75 Å². The topological polar surface area (TPSA) is 61.0 Å². The van der Waals surface area contributed by atoms with Crippen molar-refractivity contribution in [1.82, 2.24) is 9.97 Å². The van der Waals surface area contributed by atoms with E-state index in [2.05, 4.69) is 16.9 Å². The molecule has 2 aromatic heterocycles. The number of aryl methyl sites for hydroxylation is 2. The van der Waals surface area contributed by atoms with Crippen molar-refractivity contribution < 1.29 is 4.74 Å². The van der Waals surface area contributed by atoms with E-state index < -0.39 is 0 Å². The summed E-state index contributed by atoms with van der Waals surface area (Å²) >= 11 is 1.66. The number of nitrogen functional groups attached to an aromatic ring is 1. The summed E-state index contributed by atoms with van der Waals surface area (Å²) in [6, 6.07) is 7.52. The fourth-order valence-corrected chi connectivity index (χ4v) is 2.87. The zero-order valence-corrected chi connectivity index (χ0v) is 12.2. The van der Waals surface area contributed by atoms with Gasteiger partial charge in [-0.05, 0) is 38.1 Å². The third-order valence-electron chi connectivity index (χ3n) is 3.19. The lowest BCUT2D eigenvalue weighted by atomic mass is 10.2. The summed E-state index contributed by atoms with van der Waals surface area (Å²) in [7, 11) is 0.